The summed E-state index contributed by atoms with van der Waals surface area (Å²) in [7, 11) is -3.51. The molecule has 0 unspecified atom stereocenters. The highest BCUT2D eigenvalue weighted by Crippen LogP contribution is 2.18. The Morgan fingerprint density at radius 1 is 1.13 bits per heavy atom. The van der Waals surface area contributed by atoms with Gasteiger partial charge in [0.25, 0.3) is 0 Å². The molecule has 2 N–H and O–H groups in total. The number of aromatic nitrogens is 1. The molecule has 0 aliphatic carbocycles. The number of aryl methyl sites for hydroxylation is 1. The minimum Gasteiger partial charge on any atom is -0.379 e. The first kappa shape index (κ1) is 21.2. The van der Waals surface area contributed by atoms with Crippen molar-refractivity contribution >= 4 is 33.0 Å². The number of sulfonamides is 1. The van der Waals surface area contributed by atoms with Crippen LogP contribution in [0.5, 0.6) is 0 Å². The minimum atomic E-state index is -3.51. The number of nitrogens with zero attached hydrogens (tertiary/aromatic N) is 2. The Morgan fingerprint density at radius 3 is 2.65 bits per heavy atom. The average molecular weight is 441 g/mol. The van der Waals surface area contributed by atoms with Gasteiger partial charge in [-0.3, -0.25) is 4.79 Å². The zero-order valence-electron chi connectivity index (χ0n) is 17.0. The van der Waals surface area contributed by atoms with Gasteiger partial charge in [-0.2, -0.15) is 9.41 Å². The van der Waals surface area contributed by atoms with E-state index in [0.29, 0.717) is 32.7 Å². The van der Waals surface area contributed by atoms with E-state index in [2.05, 4.69) is 15.5 Å². The molecule has 0 bridgehead atoms. The van der Waals surface area contributed by atoms with E-state index in [4.69, 9.17) is 4.74 Å². The number of carbonyl (C=O) groups excluding carboxylic acids is 1. The van der Waals surface area contributed by atoms with Crippen molar-refractivity contribution in [3.63, 3.8) is 0 Å². The first-order chi connectivity index (χ1) is 15.0. The molecular formula is C22H24N4O4S. The van der Waals surface area contributed by atoms with Crippen molar-refractivity contribution in [1.82, 2.24) is 14.7 Å². The summed E-state index contributed by atoms with van der Waals surface area (Å²) in [5.41, 5.74) is 5.33. The number of hydrogen-bond donors (Lipinski definition) is 2. The largest absolute Gasteiger partial charge is 0.379 e. The van der Waals surface area contributed by atoms with Crippen LogP contribution in [0.15, 0.2) is 64.7 Å². The lowest BCUT2D eigenvalue weighted by atomic mass is 10.1. The molecule has 1 fully saturated rings. The Bertz CT molecular complexity index is 1180. The molecule has 0 saturated carbocycles. The van der Waals surface area contributed by atoms with Crippen molar-refractivity contribution in [2.75, 3.05) is 26.3 Å². The van der Waals surface area contributed by atoms with E-state index in [0.717, 1.165) is 22.0 Å². The summed E-state index contributed by atoms with van der Waals surface area (Å²) in [5.74, 6) is -0.207. The number of nitrogens with one attached hydrogen (secondary N) is 2. The van der Waals surface area contributed by atoms with Gasteiger partial charge >= 0.3 is 0 Å². The molecule has 1 saturated heterocycles. The summed E-state index contributed by atoms with van der Waals surface area (Å²) in [6.07, 6.45) is 4.20. The summed E-state index contributed by atoms with van der Waals surface area (Å²) in [4.78, 5) is 15.5. The van der Waals surface area contributed by atoms with Gasteiger partial charge in [0.1, 0.15) is 0 Å². The molecule has 0 radical (unpaired) electrons. The van der Waals surface area contributed by atoms with Crippen LogP contribution in [0.3, 0.4) is 0 Å². The van der Waals surface area contributed by atoms with Crippen LogP contribution in [0, 0.1) is 0 Å². The van der Waals surface area contributed by atoms with Crippen LogP contribution >= 0.6 is 0 Å². The normalized spacial score (nSPS) is 15.5. The molecule has 2 aromatic carbocycles. The number of morpholine rings is 1. The average Bonchev–Trinajstić information content (AvgIpc) is 3.22. The number of aromatic amines is 1. The van der Waals surface area contributed by atoms with E-state index >= 15 is 0 Å². The zero-order valence-corrected chi connectivity index (χ0v) is 17.8. The van der Waals surface area contributed by atoms with Crippen molar-refractivity contribution in [2.24, 2.45) is 5.10 Å². The van der Waals surface area contributed by atoms with Crippen LogP contribution in [0.4, 0.5) is 0 Å². The van der Waals surface area contributed by atoms with Gasteiger partial charge < -0.3 is 9.72 Å². The SMILES string of the molecule is O=C(CCc1ccc(S(=O)(=O)N2CCOCC2)cc1)N/N=C/c1c[nH]c2ccccc12. The van der Waals surface area contributed by atoms with Gasteiger partial charge in [-0.25, -0.2) is 13.8 Å². The lowest BCUT2D eigenvalue weighted by Crippen LogP contribution is -2.40. The first-order valence-electron chi connectivity index (χ1n) is 10.1. The highest BCUT2D eigenvalue weighted by molar-refractivity contribution is 7.89. The van der Waals surface area contributed by atoms with Crippen molar-refractivity contribution in [2.45, 2.75) is 17.7 Å². The molecule has 0 spiro atoms. The highest BCUT2D eigenvalue weighted by Gasteiger charge is 2.26. The van der Waals surface area contributed by atoms with Crippen LogP contribution in [-0.2, 0) is 26.0 Å². The number of benzene rings is 2. The van der Waals surface area contributed by atoms with Crippen LogP contribution in [0.1, 0.15) is 17.5 Å². The number of carbonyl (C=O) groups is 1. The molecule has 1 amide bonds. The summed E-state index contributed by atoms with van der Waals surface area (Å²) in [5, 5.41) is 5.07. The molecule has 8 nitrogen and oxygen atoms in total. The van der Waals surface area contributed by atoms with Gasteiger partial charge in [0, 0.05) is 42.2 Å². The Kier molecular flexibility index (Phi) is 6.45. The fourth-order valence-corrected chi connectivity index (χ4v) is 4.86. The van der Waals surface area contributed by atoms with E-state index in [1.807, 2.05) is 30.5 Å². The monoisotopic (exact) mass is 440 g/mol. The van der Waals surface area contributed by atoms with Crippen LogP contribution in [0.25, 0.3) is 10.9 Å². The molecule has 1 aliphatic heterocycles. The summed E-state index contributed by atoms with van der Waals surface area (Å²) in [6, 6.07) is 14.5. The third-order valence-electron chi connectivity index (χ3n) is 5.19. The van der Waals surface area contributed by atoms with Gasteiger partial charge in [0.05, 0.1) is 24.3 Å². The molecule has 1 aromatic heterocycles. The van der Waals surface area contributed by atoms with Gasteiger partial charge in [0.2, 0.25) is 15.9 Å². The number of hydrazone groups is 1. The van der Waals surface area contributed by atoms with Crippen molar-refractivity contribution in [3.8, 4) is 0 Å². The number of amides is 1. The van der Waals surface area contributed by atoms with Crippen LogP contribution < -0.4 is 5.43 Å². The van der Waals surface area contributed by atoms with Crippen molar-refractivity contribution in [1.29, 1.82) is 0 Å². The van der Waals surface area contributed by atoms with E-state index in [-0.39, 0.29) is 17.2 Å². The molecule has 0 atom stereocenters. The number of rotatable bonds is 7. The molecule has 31 heavy (non-hydrogen) atoms. The number of H-pyrrole nitrogens is 1. The highest BCUT2D eigenvalue weighted by atomic mass is 32.2. The summed E-state index contributed by atoms with van der Waals surface area (Å²) in [6.45, 7) is 1.55. The van der Waals surface area contributed by atoms with Crippen molar-refractivity contribution in [3.05, 3.63) is 65.9 Å². The second-order valence-electron chi connectivity index (χ2n) is 7.24. The van der Waals surface area contributed by atoms with E-state index in [1.54, 1.807) is 30.5 Å². The minimum absolute atomic E-state index is 0.207. The maximum absolute atomic E-state index is 12.7. The quantitative estimate of drug-likeness (QED) is 0.434. The predicted molar refractivity (Wildman–Crippen MR) is 118 cm³/mol. The third kappa shape index (κ3) is 5.01. The molecule has 3 aromatic rings. The smallest absolute Gasteiger partial charge is 0.243 e. The summed E-state index contributed by atoms with van der Waals surface area (Å²) >= 11 is 0. The number of ether oxygens (including phenoxy) is 1. The number of para-hydroxylation sites is 1. The standard InChI is InChI=1S/C22H24N4O4S/c27-22(25-24-16-18-15-23-21-4-2-1-3-20(18)21)10-7-17-5-8-19(9-6-17)31(28,29)26-11-13-30-14-12-26/h1-6,8-9,15-16,23H,7,10-14H2,(H,25,27)/b24-16+. The topological polar surface area (TPSA) is 104 Å². The maximum Gasteiger partial charge on any atom is 0.243 e. The van der Waals surface area contributed by atoms with E-state index in [9.17, 15) is 13.2 Å². The van der Waals surface area contributed by atoms with E-state index in [1.165, 1.54) is 4.31 Å². The van der Waals surface area contributed by atoms with Crippen LogP contribution in [0.2, 0.25) is 0 Å². The van der Waals surface area contributed by atoms with Gasteiger partial charge in [-0.05, 0) is 30.2 Å². The number of hydrogen-bond acceptors (Lipinski definition) is 5. The van der Waals surface area contributed by atoms with Gasteiger partial charge in [-0.1, -0.05) is 30.3 Å². The second-order valence-corrected chi connectivity index (χ2v) is 9.18. The molecule has 2 heterocycles. The molecular weight excluding hydrogens is 416 g/mol. The summed E-state index contributed by atoms with van der Waals surface area (Å²) < 4.78 is 32.0. The van der Waals surface area contributed by atoms with Gasteiger partial charge in [-0.15, -0.1) is 0 Å². The molecule has 1 aliphatic rings. The van der Waals surface area contributed by atoms with Gasteiger partial charge in [0.15, 0.2) is 0 Å². The Balaban J connectivity index is 1.29. The second kappa shape index (κ2) is 9.42. The Labute approximate surface area is 181 Å². The molecule has 9 heteroatoms. The van der Waals surface area contributed by atoms with Crippen LogP contribution in [-0.4, -0.2) is 56.1 Å². The Hall–Kier alpha value is -3.01. The van der Waals surface area contributed by atoms with E-state index < -0.39 is 10.0 Å². The lowest BCUT2D eigenvalue weighted by Gasteiger charge is -2.26. The maximum atomic E-state index is 12.7. The third-order valence-corrected chi connectivity index (χ3v) is 7.10. The lowest BCUT2D eigenvalue weighted by molar-refractivity contribution is -0.121. The van der Waals surface area contributed by atoms with Crippen molar-refractivity contribution < 1.29 is 17.9 Å². The molecule has 4 rings (SSSR count). The fraction of sp³-hybridized carbons (Fsp3) is 0.273. The first-order valence-corrected chi connectivity index (χ1v) is 11.5. The molecule has 162 valence electrons. The fourth-order valence-electron chi connectivity index (χ4n) is 3.45. The zero-order chi connectivity index (χ0) is 21.7. The predicted octanol–water partition coefficient (Wildman–Crippen LogP) is 2.27. The Morgan fingerprint density at radius 2 is 1.87 bits per heavy atom. The number of fused-ring (bicyclic) bond motifs is 1.